The third-order valence-corrected chi connectivity index (χ3v) is 2.35. The topological polar surface area (TPSA) is 82.0 Å². The first-order valence-corrected chi connectivity index (χ1v) is 4.43. The summed E-state index contributed by atoms with van der Waals surface area (Å²) in [6.45, 7) is 3.90. The van der Waals surface area contributed by atoms with Crippen LogP contribution in [-0.4, -0.2) is 24.4 Å². The summed E-state index contributed by atoms with van der Waals surface area (Å²) in [6, 6.07) is 1.81. The zero-order valence-corrected chi connectivity index (χ0v) is 8.26. The van der Waals surface area contributed by atoms with E-state index in [1.807, 2.05) is 13.8 Å². The summed E-state index contributed by atoms with van der Waals surface area (Å²) in [4.78, 5) is 22.2. The van der Waals surface area contributed by atoms with Gasteiger partial charge in [-0.3, -0.25) is 9.59 Å². The normalized spacial score (nSPS) is 21.9. The average Bonchev–Trinajstić information content (AvgIpc) is 2.69. The number of nitrogens with one attached hydrogen (secondary N) is 2. The molecule has 1 unspecified atom stereocenters. The van der Waals surface area contributed by atoms with Crippen molar-refractivity contribution in [3.8, 4) is 6.07 Å². The number of carbonyl (C=O) groups excluding carboxylic acids is 2. The maximum Gasteiger partial charge on any atom is 0.310 e. The van der Waals surface area contributed by atoms with E-state index in [2.05, 4.69) is 10.6 Å². The van der Waals surface area contributed by atoms with Gasteiger partial charge in [0.1, 0.15) is 6.54 Å². The van der Waals surface area contributed by atoms with Crippen molar-refractivity contribution in [3.63, 3.8) is 0 Å². The average molecular weight is 195 g/mol. The largest absolute Gasteiger partial charge is 0.345 e. The van der Waals surface area contributed by atoms with E-state index in [0.29, 0.717) is 0 Å². The second-order valence-corrected chi connectivity index (χ2v) is 4.06. The number of rotatable bonds is 2. The van der Waals surface area contributed by atoms with E-state index in [-0.39, 0.29) is 18.0 Å². The molecule has 1 fully saturated rings. The van der Waals surface area contributed by atoms with Gasteiger partial charge in [0.2, 0.25) is 0 Å². The van der Waals surface area contributed by atoms with Crippen LogP contribution in [0.15, 0.2) is 0 Å². The van der Waals surface area contributed by atoms with E-state index in [9.17, 15) is 9.59 Å². The molecule has 0 aromatic rings. The quantitative estimate of drug-likeness (QED) is 0.462. The number of amides is 2. The van der Waals surface area contributed by atoms with Gasteiger partial charge in [-0.2, -0.15) is 5.26 Å². The van der Waals surface area contributed by atoms with Gasteiger partial charge in [-0.15, -0.1) is 0 Å². The molecule has 5 nitrogen and oxygen atoms in total. The van der Waals surface area contributed by atoms with Crippen LogP contribution in [0.3, 0.4) is 0 Å². The lowest BCUT2D eigenvalue weighted by atomic mass is 10.2. The summed E-state index contributed by atoms with van der Waals surface area (Å²) in [6.07, 6.45) is 0.893. The minimum absolute atomic E-state index is 0.0860. The van der Waals surface area contributed by atoms with E-state index < -0.39 is 11.8 Å². The number of hydrogen-bond acceptors (Lipinski definition) is 3. The van der Waals surface area contributed by atoms with E-state index in [4.69, 9.17) is 5.26 Å². The highest BCUT2D eigenvalue weighted by molar-refractivity contribution is 6.35. The second kappa shape index (κ2) is 3.66. The summed E-state index contributed by atoms with van der Waals surface area (Å²) in [5.41, 5.74) is 0.102. The number of nitrogens with zero attached hydrogens (tertiary/aromatic N) is 1. The number of nitriles is 1. The van der Waals surface area contributed by atoms with Gasteiger partial charge < -0.3 is 10.6 Å². The standard InChI is InChI=1S/C9H13N3O2/c1-9(2)5-6(9)12-8(14)7(13)11-4-3-10/h6H,4-5H2,1-2H3,(H,11,13)(H,12,14). The van der Waals surface area contributed by atoms with Crippen LogP contribution in [0.4, 0.5) is 0 Å². The first-order valence-electron chi connectivity index (χ1n) is 4.43. The third-order valence-electron chi connectivity index (χ3n) is 2.35. The first kappa shape index (κ1) is 10.5. The molecular formula is C9H13N3O2. The molecule has 1 rings (SSSR count). The smallest absolute Gasteiger partial charge is 0.310 e. The van der Waals surface area contributed by atoms with Gasteiger partial charge in [-0.25, -0.2) is 0 Å². The van der Waals surface area contributed by atoms with Gasteiger partial charge in [0.25, 0.3) is 0 Å². The van der Waals surface area contributed by atoms with Gasteiger partial charge in [-0.05, 0) is 11.8 Å². The Morgan fingerprint density at radius 3 is 2.50 bits per heavy atom. The van der Waals surface area contributed by atoms with Crippen LogP contribution < -0.4 is 10.6 Å². The van der Waals surface area contributed by atoms with Crippen LogP contribution in [0, 0.1) is 16.7 Å². The SMILES string of the molecule is CC1(C)CC1NC(=O)C(=O)NCC#N. The molecule has 0 bridgehead atoms. The van der Waals surface area contributed by atoms with Crippen molar-refractivity contribution in [3.05, 3.63) is 0 Å². The summed E-state index contributed by atoms with van der Waals surface area (Å²) < 4.78 is 0. The molecule has 1 saturated carbocycles. The summed E-state index contributed by atoms with van der Waals surface area (Å²) >= 11 is 0. The van der Waals surface area contributed by atoms with E-state index in [1.54, 1.807) is 6.07 Å². The van der Waals surface area contributed by atoms with E-state index >= 15 is 0 Å². The predicted molar refractivity (Wildman–Crippen MR) is 49.0 cm³/mol. The van der Waals surface area contributed by atoms with Crippen molar-refractivity contribution in [1.29, 1.82) is 5.26 Å². The monoisotopic (exact) mass is 195 g/mol. The molecule has 14 heavy (non-hydrogen) atoms. The molecule has 0 radical (unpaired) electrons. The number of carbonyl (C=O) groups is 2. The molecular weight excluding hydrogens is 182 g/mol. The highest BCUT2D eigenvalue weighted by atomic mass is 16.2. The van der Waals surface area contributed by atoms with Crippen molar-refractivity contribution in [2.45, 2.75) is 26.3 Å². The maximum absolute atomic E-state index is 11.2. The molecule has 1 atom stereocenters. The Bertz CT molecular complexity index is 304. The Labute approximate surface area is 82.5 Å². The zero-order valence-electron chi connectivity index (χ0n) is 8.26. The third kappa shape index (κ3) is 2.46. The Balaban J connectivity index is 2.30. The molecule has 2 N–H and O–H groups in total. The van der Waals surface area contributed by atoms with Crippen LogP contribution >= 0.6 is 0 Å². The van der Waals surface area contributed by atoms with E-state index in [1.165, 1.54) is 0 Å². The van der Waals surface area contributed by atoms with Crippen molar-refractivity contribution < 1.29 is 9.59 Å². The van der Waals surface area contributed by atoms with Crippen molar-refractivity contribution in [2.75, 3.05) is 6.54 Å². The van der Waals surface area contributed by atoms with E-state index in [0.717, 1.165) is 6.42 Å². The lowest BCUT2D eigenvalue weighted by Crippen LogP contribution is -2.41. The van der Waals surface area contributed by atoms with Crippen LogP contribution in [0.25, 0.3) is 0 Å². The Morgan fingerprint density at radius 2 is 2.07 bits per heavy atom. The Hall–Kier alpha value is -1.57. The molecule has 76 valence electrons. The van der Waals surface area contributed by atoms with Crippen LogP contribution in [0.1, 0.15) is 20.3 Å². The number of hydrogen-bond donors (Lipinski definition) is 2. The van der Waals surface area contributed by atoms with Gasteiger partial charge in [-0.1, -0.05) is 13.8 Å². The summed E-state index contributed by atoms with van der Waals surface area (Å²) in [5.74, 6) is -1.40. The maximum atomic E-state index is 11.2. The summed E-state index contributed by atoms with van der Waals surface area (Å²) in [7, 11) is 0. The molecule has 0 aromatic heterocycles. The highest BCUT2D eigenvalue weighted by Crippen LogP contribution is 2.44. The lowest BCUT2D eigenvalue weighted by molar-refractivity contribution is -0.139. The zero-order chi connectivity index (χ0) is 10.8. The Kier molecular flexibility index (Phi) is 2.75. The van der Waals surface area contributed by atoms with Gasteiger partial charge in [0.15, 0.2) is 0 Å². The minimum Gasteiger partial charge on any atom is -0.345 e. The fourth-order valence-electron chi connectivity index (χ4n) is 1.14. The van der Waals surface area contributed by atoms with Crippen LogP contribution in [0.2, 0.25) is 0 Å². The van der Waals surface area contributed by atoms with Gasteiger partial charge in [0.05, 0.1) is 6.07 Å². The van der Waals surface area contributed by atoms with Crippen LogP contribution in [0.5, 0.6) is 0 Å². The molecule has 2 amide bonds. The summed E-state index contributed by atoms with van der Waals surface area (Å²) in [5, 5.41) is 13.0. The molecule has 1 aliphatic carbocycles. The van der Waals surface area contributed by atoms with Crippen molar-refractivity contribution in [1.82, 2.24) is 10.6 Å². The molecule has 0 saturated heterocycles. The van der Waals surface area contributed by atoms with Crippen LogP contribution in [-0.2, 0) is 9.59 Å². The molecule has 0 heterocycles. The molecule has 0 spiro atoms. The molecule has 5 heteroatoms. The minimum atomic E-state index is -0.741. The van der Waals surface area contributed by atoms with Gasteiger partial charge in [0, 0.05) is 6.04 Å². The fourth-order valence-corrected chi connectivity index (χ4v) is 1.14. The lowest BCUT2D eigenvalue weighted by Gasteiger charge is -2.05. The Morgan fingerprint density at radius 1 is 1.50 bits per heavy atom. The molecule has 0 aromatic carbocycles. The predicted octanol–water partition coefficient (Wildman–Crippen LogP) is -0.459. The van der Waals surface area contributed by atoms with Gasteiger partial charge >= 0.3 is 11.8 Å². The highest BCUT2D eigenvalue weighted by Gasteiger charge is 2.47. The molecule has 0 aliphatic heterocycles. The molecule has 1 aliphatic rings. The fraction of sp³-hybridized carbons (Fsp3) is 0.667. The second-order valence-electron chi connectivity index (χ2n) is 4.06. The first-order chi connectivity index (χ1) is 6.47. The van der Waals surface area contributed by atoms with Crippen molar-refractivity contribution >= 4 is 11.8 Å². The van der Waals surface area contributed by atoms with Crippen molar-refractivity contribution in [2.24, 2.45) is 5.41 Å².